The molecule has 11 aromatic rings. The lowest BCUT2D eigenvalue weighted by Gasteiger charge is -2.18. The van der Waals surface area contributed by atoms with Gasteiger partial charge in [-0.25, -0.2) is 19.9 Å². The maximum atomic E-state index is 6.59. The molecule has 0 spiro atoms. The third-order valence-electron chi connectivity index (χ3n) is 12.3. The molecule has 1 aliphatic rings. The lowest BCUT2D eigenvalue weighted by molar-refractivity contribution is 0.669. The monoisotopic (exact) mass is 797 g/mol. The summed E-state index contributed by atoms with van der Waals surface area (Å²) in [5.74, 6) is 2.87. The number of rotatable bonds is 7. The summed E-state index contributed by atoms with van der Waals surface area (Å²) in [6, 6.07) is 59.6. The zero-order valence-corrected chi connectivity index (χ0v) is 34.1. The number of allylic oxidation sites excluding steroid dienone is 1. The van der Waals surface area contributed by atoms with E-state index in [1.54, 1.807) is 0 Å². The van der Waals surface area contributed by atoms with Crippen LogP contribution in [0.25, 0.3) is 117 Å². The quantitative estimate of drug-likeness (QED) is 0.150. The van der Waals surface area contributed by atoms with E-state index in [2.05, 4.69) is 121 Å². The third-order valence-corrected chi connectivity index (χ3v) is 12.3. The summed E-state index contributed by atoms with van der Waals surface area (Å²) in [5, 5.41) is 6.77. The van der Waals surface area contributed by atoms with Crippen molar-refractivity contribution in [1.29, 1.82) is 0 Å². The van der Waals surface area contributed by atoms with E-state index in [1.807, 2.05) is 72.8 Å². The fourth-order valence-electron chi connectivity index (χ4n) is 9.48. The molecule has 0 saturated carbocycles. The van der Waals surface area contributed by atoms with Gasteiger partial charge in [0.15, 0.2) is 17.5 Å². The Hall–Kier alpha value is -7.96. The number of fused-ring (bicyclic) bond motifs is 6. The zero-order chi connectivity index (χ0) is 41.1. The SMILES string of the molecule is CCn1c(-c2ccc(-c3c4ccccc4c(-c4ccc5oc6cccc(-c7nc(-c8ccccc8)nc(-c8ccccc8)n7)c6c5c4)c4ccccc34)cc2)nc2c1C=CCC2. The van der Waals surface area contributed by atoms with Crippen LogP contribution in [0.1, 0.15) is 24.7 Å². The van der Waals surface area contributed by atoms with Crippen LogP contribution in [0.4, 0.5) is 0 Å². The summed E-state index contributed by atoms with van der Waals surface area (Å²) in [5.41, 5.74) is 12.6. The second-order valence-corrected chi connectivity index (χ2v) is 15.9. The van der Waals surface area contributed by atoms with Gasteiger partial charge in [-0.2, -0.15) is 0 Å². The van der Waals surface area contributed by atoms with Crippen molar-refractivity contribution in [3.05, 3.63) is 187 Å². The number of benzene rings is 8. The van der Waals surface area contributed by atoms with Gasteiger partial charge in [0.2, 0.25) is 0 Å². The van der Waals surface area contributed by atoms with Gasteiger partial charge in [-0.05, 0) is 87.8 Å². The predicted octanol–water partition coefficient (Wildman–Crippen LogP) is 14.3. The van der Waals surface area contributed by atoms with Crippen molar-refractivity contribution in [3.63, 3.8) is 0 Å². The van der Waals surface area contributed by atoms with Gasteiger partial charge in [0.1, 0.15) is 17.0 Å². The summed E-state index contributed by atoms with van der Waals surface area (Å²) in [6.45, 7) is 3.08. The first-order valence-corrected chi connectivity index (χ1v) is 21.3. The summed E-state index contributed by atoms with van der Waals surface area (Å²) in [6.07, 6.45) is 6.53. The highest BCUT2D eigenvalue weighted by atomic mass is 16.3. The van der Waals surface area contributed by atoms with E-state index >= 15 is 0 Å². The number of aryl methyl sites for hydroxylation is 1. The summed E-state index contributed by atoms with van der Waals surface area (Å²) >= 11 is 0. The van der Waals surface area contributed by atoms with Gasteiger partial charge >= 0.3 is 0 Å². The minimum atomic E-state index is 0.595. The van der Waals surface area contributed by atoms with E-state index in [0.717, 1.165) is 75.0 Å². The average molecular weight is 798 g/mol. The van der Waals surface area contributed by atoms with Crippen molar-refractivity contribution in [2.45, 2.75) is 26.3 Å². The number of aromatic nitrogens is 5. The fourth-order valence-corrected chi connectivity index (χ4v) is 9.48. The number of hydrogen-bond donors (Lipinski definition) is 0. The summed E-state index contributed by atoms with van der Waals surface area (Å²) in [4.78, 5) is 20.3. The van der Waals surface area contributed by atoms with Gasteiger partial charge < -0.3 is 8.98 Å². The first kappa shape index (κ1) is 35.9. The fraction of sp³-hybridized carbons (Fsp3) is 0.0714. The van der Waals surface area contributed by atoms with Gasteiger partial charge in [0.25, 0.3) is 0 Å². The first-order chi connectivity index (χ1) is 30.7. The van der Waals surface area contributed by atoms with E-state index in [-0.39, 0.29) is 0 Å². The molecule has 8 aromatic carbocycles. The van der Waals surface area contributed by atoms with Crippen LogP contribution in [0.5, 0.6) is 0 Å². The van der Waals surface area contributed by atoms with Crippen LogP contribution in [0.15, 0.2) is 180 Å². The smallest absolute Gasteiger partial charge is 0.164 e. The Kier molecular flexibility index (Phi) is 8.49. The van der Waals surface area contributed by atoms with E-state index in [0.29, 0.717) is 17.5 Å². The van der Waals surface area contributed by atoms with Crippen LogP contribution in [0.2, 0.25) is 0 Å². The average Bonchev–Trinajstić information content (AvgIpc) is 3.92. The molecular formula is C56H39N5O. The number of hydrogen-bond acceptors (Lipinski definition) is 5. The molecule has 0 atom stereocenters. The van der Waals surface area contributed by atoms with Crippen molar-refractivity contribution in [2.24, 2.45) is 0 Å². The molecule has 0 saturated heterocycles. The Bertz CT molecular complexity index is 3430. The molecule has 3 aromatic heterocycles. The molecule has 0 fully saturated rings. The summed E-state index contributed by atoms with van der Waals surface area (Å²) in [7, 11) is 0. The maximum Gasteiger partial charge on any atom is 0.164 e. The number of furan rings is 1. The molecule has 0 aliphatic heterocycles. The van der Waals surface area contributed by atoms with Crippen molar-refractivity contribution in [3.8, 4) is 67.8 Å². The molecule has 6 nitrogen and oxygen atoms in total. The molecular weight excluding hydrogens is 759 g/mol. The van der Waals surface area contributed by atoms with E-state index in [9.17, 15) is 0 Å². The van der Waals surface area contributed by atoms with Gasteiger partial charge in [0.05, 0.1) is 11.4 Å². The molecule has 0 bridgehead atoms. The van der Waals surface area contributed by atoms with Gasteiger partial charge in [-0.1, -0.05) is 158 Å². The van der Waals surface area contributed by atoms with Crippen molar-refractivity contribution in [1.82, 2.24) is 24.5 Å². The second-order valence-electron chi connectivity index (χ2n) is 15.9. The van der Waals surface area contributed by atoms with E-state index in [4.69, 9.17) is 24.4 Å². The van der Waals surface area contributed by atoms with Gasteiger partial charge in [-0.3, -0.25) is 0 Å². The van der Waals surface area contributed by atoms with Crippen LogP contribution in [-0.4, -0.2) is 24.5 Å². The highest BCUT2D eigenvalue weighted by molar-refractivity contribution is 6.22. The second kappa shape index (κ2) is 14.6. The van der Waals surface area contributed by atoms with Crippen molar-refractivity contribution >= 4 is 49.6 Å². The Labute approximate surface area is 358 Å². The van der Waals surface area contributed by atoms with Gasteiger partial charge in [-0.15, -0.1) is 0 Å². The van der Waals surface area contributed by atoms with Crippen LogP contribution in [-0.2, 0) is 13.0 Å². The van der Waals surface area contributed by atoms with Gasteiger partial charge in [0, 0.05) is 39.6 Å². The largest absolute Gasteiger partial charge is 0.456 e. The summed E-state index contributed by atoms with van der Waals surface area (Å²) < 4.78 is 8.93. The number of nitrogens with zero attached hydrogens (tertiary/aromatic N) is 5. The molecule has 12 rings (SSSR count). The predicted molar refractivity (Wildman–Crippen MR) is 254 cm³/mol. The van der Waals surface area contributed by atoms with Crippen LogP contribution in [0.3, 0.4) is 0 Å². The topological polar surface area (TPSA) is 69.6 Å². The lowest BCUT2D eigenvalue weighted by atomic mass is 9.85. The minimum Gasteiger partial charge on any atom is -0.456 e. The highest BCUT2D eigenvalue weighted by Gasteiger charge is 2.22. The van der Waals surface area contributed by atoms with Crippen LogP contribution >= 0.6 is 0 Å². The maximum absolute atomic E-state index is 6.59. The Balaban J connectivity index is 1.03. The van der Waals surface area contributed by atoms with Crippen molar-refractivity contribution in [2.75, 3.05) is 0 Å². The van der Waals surface area contributed by atoms with E-state index < -0.39 is 0 Å². The molecule has 0 unspecified atom stereocenters. The van der Waals surface area contributed by atoms with Crippen molar-refractivity contribution < 1.29 is 4.42 Å². The molecule has 6 heteroatoms. The molecule has 0 amide bonds. The molecule has 1 aliphatic carbocycles. The normalized spacial score (nSPS) is 12.5. The molecule has 0 N–H and O–H groups in total. The molecule has 3 heterocycles. The van der Waals surface area contributed by atoms with Crippen LogP contribution in [0, 0.1) is 0 Å². The first-order valence-electron chi connectivity index (χ1n) is 21.3. The molecule has 62 heavy (non-hydrogen) atoms. The Morgan fingerprint density at radius 1 is 0.484 bits per heavy atom. The highest BCUT2D eigenvalue weighted by Crippen LogP contribution is 2.46. The van der Waals surface area contributed by atoms with E-state index in [1.165, 1.54) is 49.6 Å². The Morgan fingerprint density at radius 3 is 1.68 bits per heavy atom. The van der Waals surface area contributed by atoms with Crippen LogP contribution < -0.4 is 0 Å². The Morgan fingerprint density at radius 2 is 1.05 bits per heavy atom. The minimum absolute atomic E-state index is 0.595. The standard InChI is InChI=1S/C56H39N5O/c1-2-61-47-26-14-13-25-46(47)57-56(61)38-30-28-35(29-31-38)50-40-20-9-11-22-42(40)51(43-23-12-10-21-41(43)50)39-32-33-48-45(34-39)52-44(24-15-27-49(52)62-48)55-59-53(36-16-5-3-6-17-36)58-54(60-55)37-18-7-4-8-19-37/h3-12,14-24,26-34H,2,13,25H2,1H3. The number of imidazole rings is 1. The molecule has 0 radical (unpaired) electrons. The zero-order valence-electron chi connectivity index (χ0n) is 34.1. The lowest BCUT2D eigenvalue weighted by Crippen LogP contribution is -2.02. The third kappa shape index (κ3) is 5.86. The molecule has 294 valence electrons.